The summed E-state index contributed by atoms with van der Waals surface area (Å²) in [5.41, 5.74) is 5.53. The first-order chi connectivity index (χ1) is 7.53. The molecule has 0 bridgehead atoms. The minimum atomic E-state index is -0.919. The highest BCUT2D eigenvalue weighted by Gasteiger charge is 2.38. The largest absolute Gasteiger partial charge is 0.379 e. The van der Waals surface area contributed by atoms with E-state index in [1.807, 2.05) is 0 Å². The molecule has 1 aliphatic heterocycles. The first-order valence-corrected chi connectivity index (χ1v) is 5.65. The van der Waals surface area contributed by atoms with E-state index in [9.17, 15) is 4.79 Å². The second-order valence-corrected chi connectivity index (χ2v) is 4.73. The van der Waals surface area contributed by atoms with Crippen molar-refractivity contribution >= 4 is 29.0 Å². The minimum Gasteiger partial charge on any atom is -0.379 e. The van der Waals surface area contributed by atoms with Crippen molar-refractivity contribution in [1.82, 2.24) is 0 Å². The lowest BCUT2D eigenvalue weighted by molar-refractivity contribution is 0.0863. The zero-order valence-corrected chi connectivity index (χ0v) is 10.0. The third-order valence-corrected chi connectivity index (χ3v) is 3.43. The predicted molar refractivity (Wildman–Crippen MR) is 63.1 cm³/mol. The molecule has 0 spiro atoms. The van der Waals surface area contributed by atoms with Crippen LogP contribution in [0.3, 0.4) is 0 Å². The molecule has 0 saturated carbocycles. The summed E-state index contributed by atoms with van der Waals surface area (Å²) in [5.74, 6) is -0.149. The summed E-state index contributed by atoms with van der Waals surface area (Å²) in [6.07, 6.45) is 0.534. The molecule has 0 aromatic heterocycles. The Labute approximate surface area is 103 Å². The normalized spacial score (nSPS) is 24.7. The van der Waals surface area contributed by atoms with E-state index < -0.39 is 5.54 Å². The number of hydrogen-bond acceptors (Lipinski definition) is 3. The summed E-state index contributed by atoms with van der Waals surface area (Å²) in [6, 6.07) is 4.76. The quantitative estimate of drug-likeness (QED) is 0.830. The fraction of sp³-hybridized carbons (Fsp3) is 0.364. The molecule has 1 unspecified atom stereocenters. The van der Waals surface area contributed by atoms with Crippen molar-refractivity contribution < 1.29 is 9.53 Å². The Morgan fingerprint density at radius 3 is 2.69 bits per heavy atom. The maximum atomic E-state index is 12.1. The number of carbonyl (C=O) groups excluding carboxylic acids is 1. The van der Waals surface area contributed by atoms with Gasteiger partial charge in [-0.25, -0.2) is 0 Å². The number of ether oxygens (including phenoxy) is 1. The van der Waals surface area contributed by atoms with Crippen molar-refractivity contribution in [2.45, 2.75) is 12.0 Å². The van der Waals surface area contributed by atoms with Gasteiger partial charge in [-0.1, -0.05) is 23.2 Å². The van der Waals surface area contributed by atoms with E-state index in [0.29, 0.717) is 28.6 Å². The van der Waals surface area contributed by atoms with Crippen LogP contribution in [0.5, 0.6) is 0 Å². The third kappa shape index (κ3) is 2.09. The first-order valence-electron chi connectivity index (χ1n) is 4.89. The van der Waals surface area contributed by atoms with Gasteiger partial charge in [0.1, 0.15) is 5.54 Å². The first kappa shape index (κ1) is 11.9. The van der Waals surface area contributed by atoms with Crippen LogP contribution in [-0.2, 0) is 4.74 Å². The SMILES string of the molecule is NC1(C(=O)c2ccc(Cl)c(Cl)c2)CCOC1. The molecule has 1 fully saturated rings. The number of ketones is 1. The Kier molecular flexibility index (Phi) is 3.22. The molecule has 86 valence electrons. The molecule has 2 N–H and O–H groups in total. The molecule has 1 atom stereocenters. The summed E-state index contributed by atoms with van der Waals surface area (Å²) < 4.78 is 5.15. The molecule has 0 aliphatic carbocycles. The predicted octanol–water partition coefficient (Wildman–Crippen LogP) is 2.29. The fourth-order valence-corrected chi connectivity index (χ4v) is 1.98. The van der Waals surface area contributed by atoms with E-state index in [4.69, 9.17) is 33.7 Å². The van der Waals surface area contributed by atoms with Crippen molar-refractivity contribution in [3.8, 4) is 0 Å². The van der Waals surface area contributed by atoms with Gasteiger partial charge in [0.15, 0.2) is 5.78 Å². The lowest BCUT2D eigenvalue weighted by atomic mass is 9.90. The fourth-order valence-electron chi connectivity index (χ4n) is 1.68. The monoisotopic (exact) mass is 259 g/mol. The summed E-state index contributed by atoms with van der Waals surface area (Å²) >= 11 is 11.6. The van der Waals surface area contributed by atoms with Crippen molar-refractivity contribution in [1.29, 1.82) is 0 Å². The highest BCUT2D eigenvalue weighted by atomic mass is 35.5. The van der Waals surface area contributed by atoms with Crippen LogP contribution in [0.2, 0.25) is 10.0 Å². The Morgan fingerprint density at radius 1 is 1.38 bits per heavy atom. The van der Waals surface area contributed by atoms with Crippen LogP contribution in [0.25, 0.3) is 0 Å². The van der Waals surface area contributed by atoms with E-state index in [2.05, 4.69) is 0 Å². The smallest absolute Gasteiger partial charge is 0.185 e. The number of benzene rings is 1. The van der Waals surface area contributed by atoms with Crippen molar-refractivity contribution in [2.24, 2.45) is 5.73 Å². The average molecular weight is 260 g/mol. The molecule has 3 nitrogen and oxygen atoms in total. The zero-order chi connectivity index (χ0) is 11.8. The van der Waals surface area contributed by atoms with Gasteiger partial charge in [-0.2, -0.15) is 0 Å². The lowest BCUT2D eigenvalue weighted by Gasteiger charge is -2.20. The highest BCUT2D eigenvalue weighted by molar-refractivity contribution is 6.42. The van der Waals surface area contributed by atoms with Crippen LogP contribution in [0.4, 0.5) is 0 Å². The van der Waals surface area contributed by atoms with Gasteiger partial charge in [-0.05, 0) is 24.6 Å². The summed E-state index contributed by atoms with van der Waals surface area (Å²) in [5, 5.41) is 0.780. The van der Waals surface area contributed by atoms with Crippen LogP contribution >= 0.6 is 23.2 Å². The maximum Gasteiger partial charge on any atom is 0.185 e. The number of rotatable bonds is 2. The topological polar surface area (TPSA) is 52.3 Å². The van der Waals surface area contributed by atoms with Gasteiger partial charge in [0.25, 0.3) is 0 Å². The Hall–Kier alpha value is -0.610. The summed E-state index contributed by atoms with van der Waals surface area (Å²) in [6.45, 7) is 0.773. The van der Waals surface area contributed by atoms with E-state index >= 15 is 0 Å². The van der Waals surface area contributed by atoms with Gasteiger partial charge in [0.05, 0.1) is 16.7 Å². The van der Waals surface area contributed by atoms with Crippen LogP contribution in [0.15, 0.2) is 18.2 Å². The minimum absolute atomic E-state index is 0.149. The van der Waals surface area contributed by atoms with Gasteiger partial charge in [0.2, 0.25) is 0 Å². The van der Waals surface area contributed by atoms with E-state index in [0.717, 1.165) is 0 Å². The van der Waals surface area contributed by atoms with Gasteiger partial charge in [-0.3, -0.25) is 4.79 Å². The van der Waals surface area contributed by atoms with Crippen LogP contribution in [0, 0.1) is 0 Å². The van der Waals surface area contributed by atoms with Crippen molar-refractivity contribution in [3.05, 3.63) is 33.8 Å². The second-order valence-electron chi connectivity index (χ2n) is 3.92. The molecule has 5 heteroatoms. The zero-order valence-electron chi connectivity index (χ0n) is 8.50. The van der Waals surface area contributed by atoms with Crippen LogP contribution in [-0.4, -0.2) is 24.5 Å². The molecule has 1 aromatic carbocycles. The van der Waals surface area contributed by atoms with Gasteiger partial charge in [-0.15, -0.1) is 0 Å². The van der Waals surface area contributed by atoms with Gasteiger partial charge < -0.3 is 10.5 Å². The number of Topliss-reactive ketones (excluding diaryl/α,β-unsaturated/α-hetero) is 1. The van der Waals surface area contributed by atoms with Crippen LogP contribution < -0.4 is 5.73 Å². The molecule has 1 saturated heterocycles. The number of halogens is 2. The molecule has 0 radical (unpaired) electrons. The van der Waals surface area contributed by atoms with E-state index in [-0.39, 0.29) is 12.4 Å². The molecular weight excluding hydrogens is 249 g/mol. The molecular formula is C11H11Cl2NO2. The Bertz CT molecular complexity index is 428. The van der Waals surface area contributed by atoms with Crippen molar-refractivity contribution in [3.63, 3.8) is 0 Å². The standard InChI is InChI=1S/C11H11Cl2NO2/c12-8-2-1-7(5-9(8)13)10(15)11(14)3-4-16-6-11/h1-2,5H,3-4,6,14H2. The molecule has 1 heterocycles. The molecule has 0 amide bonds. The van der Waals surface area contributed by atoms with Gasteiger partial charge >= 0.3 is 0 Å². The van der Waals surface area contributed by atoms with Gasteiger partial charge in [0, 0.05) is 12.2 Å². The maximum absolute atomic E-state index is 12.1. The lowest BCUT2D eigenvalue weighted by Crippen LogP contribution is -2.48. The average Bonchev–Trinajstić information content (AvgIpc) is 2.70. The second kappa shape index (κ2) is 4.34. The Balaban J connectivity index is 2.30. The van der Waals surface area contributed by atoms with Crippen LogP contribution in [0.1, 0.15) is 16.8 Å². The molecule has 1 aliphatic rings. The Morgan fingerprint density at radius 2 is 2.12 bits per heavy atom. The number of hydrogen-bond donors (Lipinski definition) is 1. The van der Waals surface area contributed by atoms with E-state index in [1.54, 1.807) is 18.2 Å². The molecule has 16 heavy (non-hydrogen) atoms. The summed E-state index contributed by atoms with van der Waals surface area (Å²) in [7, 11) is 0. The number of nitrogens with two attached hydrogens (primary N) is 1. The summed E-state index contributed by atoms with van der Waals surface area (Å²) in [4.78, 5) is 12.1. The van der Waals surface area contributed by atoms with E-state index in [1.165, 1.54) is 0 Å². The number of carbonyl (C=O) groups is 1. The third-order valence-electron chi connectivity index (χ3n) is 2.69. The molecule has 1 aromatic rings. The molecule has 2 rings (SSSR count). The highest BCUT2D eigenvalue weighted by Crippen LogP contribution is 2.26. The van der Waals surface area contributed by atoms with Crippen molar-refractivity contribution in [2.75, 3.05) is 13.2 Å².